The van der Waals surface area contributed by atoms with Crippen LogP contribution in [0.5, 0.6) is 11.5 Å². The van der Waals surface area contributed by atoms with Crippen molar-refractivity contribution in [1.29, 1.82) is 0 Å². The van der Waals surface area contributed by atoms with Gasteiger partial charge in [0.05, 0.1) is 0 Å². The normalized spacial score (nSPS) is 20.3. The summed E-state index contributed by atoms with van der Waals surface area (Å²) in [5, 5.41) is 30.8. The monoisotopic (exact) mass is 328 g/mol. The molecule has 0 fully saturated rings. The first kappa shape index (κ1) is 18.3. The van der Waals surface area contributed by atoms with Gasteiger partial charge < -0.3 is 15.3 Å². The van der Waals surface area contributed by atoms with Crippen molar-refractivity contribution >= 4 is 0 Å². The fraction of sp³-hybridized carbons (Fsp3) is 0.429. The Labute approximate surface area is 144 Å². The first-order valence-corrected chi connectivity index (χ1v) is 8.58. The summed E-state index contributed by atoms with van der Waals surface area (Å²) in [6, 6.07) is 3.04. The van der Waals surface area contributed by atoms with E-state index in [0.29, 0.717) is 17.5 Å². The van der Waals surface area contributed by atoms with Gasteiger partial charge in [-0.25, -0.2) is 0 Å². The molecule has 3 nitrogen and oxygen atoms in total. The second kappa shape index (κ2) is 8.20. The average Bonchev–Trinajstić information content (AvgIpc) is 2.49. The minimum absolute atomic E-state index is 0.0231. The highest BCUT2D eigenvalue weighted by molar-refractivity contribution is 5.48. The molecule has 0 saturated carbocycles. The summed E-state index contributed by atoms with van der Waals surface area (Å²) in [7, 11) is 0. The number of rotatable bonds is 0. The molecule has 24 heavy (non-hydrogen) atoms. The van der Waals surface area contributed by atoms with Crippen molar-refractivity contribution in [2.75, 3.05) is 0 Å². The quantitative estimate of drug-likeness (QED) is 0.459. The highest BCUT2D eigenvalue weighted by Gasteiger charge is 2.15. The third kappa shape index (κ3) is 5.00. The van der Waals surface area contributed by atoms with E-state index in [1.807, 2.05) is 13.8 Å². The molecule has 2 bridgehead atoms. The van der Waals surface area contributed by atoms with E-state index in [2.05, 4.69) is 19.1 Å². The lowest BCUT2D eigenvalue weighted by atomic mass is 9.97. The van der Waals surface area contributed by atoms with Crippen LogP contribution in [0.15, 0.2) is 47.1 Å². The molecule has 0 aromatic heterocycles. The Balaban J connectivity index is 2.40. The summed E-state index contributed by atoms with van der Waals surface area (Å²) in [4.78, 5) is 0. The van der Waals surface area contributed by atoms with Crippen LogP contribution in [0.1, 0.15) is 63.7 Å². The van der Waals surface area contributed by atoms with Crippen LogP contribution in [0.4, 0.5) is 0 Å². The maximum atomic E-state index is 10.4. The molecular formula is C21H28O3. The second-order valence-corrected chi connectivity index (χ2v) is 6.85. The molecule has 2 aliphatic rings. The molecule has 1 aromatic rings. The summed E-state index contributed by atoms with van der Waals surface area (Å²) >= 11 is 0. The number of aliphatic hydroxyl groups excluding tert-OH is 1. The smallest absolute Gasteiger partial charge is 0.122 e. The molecule has 0 heterocycles. The molecule has 1 atom stereocenters. The largest absolute Gasteiger partial charge is 0.508 e. The molecule has 0 spiro atoms. The Hall–Kier alpha value is -2.00. The number of benzene rings is 1. The molecule has 0 aliphatic heterocycles. The molecule has 3 heteroatoms. The van der Waals surface area contributed by atoms with Crippen LogP contribution in [-0.2, 0) is 6.42 Å². The van der Waals surface area contributed by atoms with E-state index in [-0.39, 0.29) is 11.5 Å². The van der Waals surface area contributed by atoms with Crippen molar-refractivity contribution in [1.82, 2.24) is 0 Å². The molecule has 1 aromatic carbocycles. The van der Waals surface area contributed by atoms with Crippen molar-refractivity contribution in [2.45, 2.75) is 59.0 Å². The highest BCUT2D eigenvalue weighted by Crippen LogP contribution is 2.34. The zero-order valence-electron chi connectivity index (χ0n) is 14.8. The second-order valence-electron chi connectivity index (χ2n) is 6.85. The van der Waals surface area contributed by atoms with Gasteiger partial charge in [0.1, 0.15) is 17.6 Å². The fourth-order valence-corrected chi connectivity index (χ4v) is 3.02. The van der Waals surface area contributed by atoms with Crippen molar-refractivity contribution < 1.29 is 15.3 Å². The van der Waals surface area contributed by atoms with Crippen molar-refractivity contribution in [3.63, 3.8) is 0 Å². The van der Waals surface area contributed by atoms with Gasteiger partial charge in [0.15, 0.2) is 0 Å². The van der Waals surface area contributed by atoms with Gasteiger partial charge in [-0.1, -0.05) is 34.9 Å². The van der Waals surface area contributed by atoms with E-state index in [4.69, 9.17) is 0 Å². The molecule has 0 radical (unpaired) electrons. The van der Waals surface area contributed by atoms with E-state index < -0.39 is 6.10 Å². The third-order valence-electron chi connectivity index (χ3n) is 4.52. The summed E-state index contributed by atoms with van der Waals surface area (Å²) in [5.74, 6) is 0.138. The van der Waals surface area contributed by atoms with E-state index in [9.17, 15) is 15.3 Å². The molecule has 3 rings (SSSR count). The van der Waals surface area contributed by atoms with Crippen LogP contribution < -0.4 is 0 Å². The van der Waals surface area contributed by atoms with Gasteiger partial charge in [-0.05, 0) is 65.0 Å². The van der Waals surface area contributed by atoms with Crippen LogP contribution in [0, 0.1) is 0 Å². The number of phenolic OH excluding ortho intramolecular Hbond substituents is 2. The standard InChI is InChI=1S/C21H28O3/c1-14-6-4-8-15(2)10-17-12-21(24)18(13-19(17)22)20(23)11-16(3)9-5-7-14/h7-8,11-13,20,22-24H,4-6,9-10H2,1-3H3/t20-/m1/s1. The minimum Gasteiger partial charge on any atom is -0.508 e. The predicted octanol–water partition coefficient (Wildman–Crippen LogP) is 5.09. The van der Waals surface area contributed by atoms with Gasteiger partial charge >= 0.3 is 0 Å². The number of aliphatic hydroxyl groups is 1. The number of phenols is 2. The van der Waals surface area contributed by atoms with E-state index in [0.717, 1.165) is 36.8 Å². The molecule has 0 unspecified atom stereocenters. The predicted molar refractivity (Wildman–Crippen MR) is 98.2 cm³/mol. The maximum Gasteiger partial charge on any atom is 0.122 e. The Bertz CT molecular complexity index is 681. The van der Waals surface area contributed by atoms with Crippen molar-refractivity contribution in [2.24, 2.45) is 0 Å². The minimum atomic E-state index is -0.917. The molecule has 3 N–H and O–H groups in total. The van der Waals surface area contributed by atoms with Crippen LogP contribution >= 0.6 is 0 Å². The Morgan fingerprint density at radius 2 is 1.46 bits per heavy atom. The summed E-state index contributed by atoms with van der Waals surface area (Å²) < 4.78 is 0. The lowest BCUT2D eigenvalue weighted by molar-refractivity contribution is 0.222. The van der Waals surface area contributed by atoms with Gasteiger partial charge in [-0.2, -0.15) is 0 Å². The number of aromatic hydroxyl groups is 2. The van der Waals surface area contributed by atoms with E-state index >= 15 is 0 Å². The number of fused-ring (bicyclic) bond motifs is 10. The Morgan fingerprint density at radius 1 is 0.833 bits per heavy atom. The van der Waals surface area contributed by atoms with Gasteiger partial charge in [0, 0.05) is 11.1 Å². The van der Waals surface area contributed by atoms with Gasteiger partial charge in [0.2, 0.25) is 0 Å². The topological polar surface area (TPSA) is 60.7 Å². The lowest BCUT2D eigenvalue weighted by Gasteiger charge is -2.14. The maximum absolute atomic E-state index is 10.4. The molecule has 0 amide bonds. The molecular weight excluding hydrogens is 300 g/mol. The zero-order valence-corrected chi connectivity index (χ0v) is 14.8. The number of hydrogen-bond acceptors (Lipinski definition) is 3. The summed E-state index contributed by atoms with van der Waals surface area (Å²) in [6.07, 6.45) is 9.68. The van der Waals surface area contributed by atoms with E-state index in [1.54, 1.807) is 12.1 Å². The van der Waals surface area contributed by atoms with Crippen LogP contribution in [0.25, 0.3) is 0 Å². The fourth-order valence-electron chi connectivity index (χ4n) is 3.02. The van der Waals surface area contributed by atoms with Crippen molar-refractivity contribution in [3.8, 4) is 11.5 Å². The van der Waals surface area contributed by atoms with E-state index in [1.165, 1.54) is 11.6 Å². The van der Waals surface area contributed by atoms with Gasteiger partial charge in [-0.3, -0.25) is 0 Å². The third-order valence-corrected chi connectivity index (χ3v) is 4.52. The SMILES string of the molecule is CC1=CCCC(C)=C[C@@H](O)c2cc(O)c(cc2O)CC(C)=CCC1. The molecule has 2 aliphatic carbocycles. The van der Waals surface area contributed by atoms with Crippen LogP contribution in [0.3, 0.4) is 0 Å². The number of hydrogen-bond donors (Lipinski definition) is 3. The molecule has 130 valence electrons. The van der Waals surface area contributed by atoms with Gasteiger partial charge in [0.25, 0.3) is 0 Å². The van der Waals surface area contributed by atoms with Crippen LogP contribution in [0.2, 0.25) is 0 Å². The summed E-state index contributed by atoms with van der Waals surface area (Å²) in [6.45, 7) is 6.17. The first-order valence-electron chi connectivity index (χ1n) is 8.58. The Morgan fingerprint density at radius 3 is 2.17 bits per heavy atom. The molecule has 0 saturated heterocycles. The lowest BCUT2D eigenvalue weighted by Crippen LogP contribution is -1.98. The Kier molecular flexibility index (Phi) is 6.27. The summed E-state index contributed by atoms with van der Waals surface area (Å²) in [5.41, 5.74) is 4.63. The highest BCUT2D eigenvalue weighted by atomic mass is 16.3. The zero-order chi connectivity index (χ0) is 17.7. The van der Waals surface area contributed by atoms with Crippen molar-refractivity contribution in [3.05, 3.63) is 58.2 Å². The number of allylic oxidation sites excluding steroid dienone is 5. The first-order chi connectivity index (χ1) is 11.4. The van der Waals surface area contributed by atoms with Crippen LogP contribution in [-0.4, -0.2) is 15.3 Å². The van der Waals surface area contributed by atoms with Gasteiger partial charge in [-0.15, -0.1) is 0 Å². The average molecular weight is 328 g/mol.